The minimum atomic E-state index is -0.583. The number of rotatable bonds is 1. The highest BCUT2D eigenvalue weighted by Crippen LogP contribution is 2.17. The van der Waals surface area contributed by atoms with Crippen molar-refractivity contribution in [2.75, 3.05) is 13.1 Å². The molecule has 3 nitrogen and oxygen atoms in total. The van der Waals surface area contributed by atoms with Gasteiger partial charge in [0.1, 0.15) is 0 Å². The van der Waals surface area contributed by atoms with Gasteiger partial charge < -0.3 is 5.21 Å². The second-order valence-electron chi connectivity index (χ2n) is 2.43. The summed E-state index contributed by atoms with van der Waals surface area (Å²) in [4.78, 5) is 10.8. The third-order valence-corrected chi connectivity index (χ3v) is 1.88. The third kappa shape index (κ3) is 0.976. The van der Waals surface area contributed by atoms with E-state index in [2.05, 4.69) is 0 Å². The van der Waals surface area contributed by atoms with Crippen molar-refractivity contribution in [2.45, 2.75) is 19.8 Å². The van der Waals surface area contributed by atoms with E-state index in [0.29, 0.717) is 19.5 Å². The van der Waals surface area contributed by atoms with E-state index in [-0.39, 0.29) is 5.91 Å². The number of amides is 1. The highest BCUT2D eigenvalue weighted by Gasteiger charge is 2.30. The van der Waals surface area contributed by atoms with Crippen molar-refractivity contribution in [1.82, 2.24) is 0 Å². The fourth-order valence-corrected chi connectivity index (χ4v) is 1.15. The summed E-state index contributed by atoms with van der Waals surface area (Å²) in [5, 5.41) is 11.2. The fourth-order valence-electron chi connectivity index (χ4n) is 1.15. The molecule has 1 aliphatic heterocycles. The zero-order chi connectivity index (χ0) is 6.91. The lowest BCUT2D eigenvalue weighted by Crippen LogP contribution is -2.42. The Bertz CT molecular complexity index is 135. The van der Waals surface area contributed by atoms with Gasteiger partial charge in [0.05, 0.1) is 19.5 Å². The number of likely N-dealkylation sites (tertiary alicyclic amines) is 1. The summed E-state index contributed by atoms with van der Waals surface area (Å²) >= 11 is 0. The van der Waals surface area contributed by atoms with Gasteiger partial charge in [-0.3, -0.25) is 4.65 Å². The van der Waals surface area contributed by atoms with Crippen LogP contribution in [0.25, 0.3) is 0 Å². The second kappa shape index (κ2) is 2.08. The van der Waals surface area contributed by atoms with E-state index in [1.807, 2.05) is 0 Å². The molecule has 0 aromatic rings. The Kier molecular flexibility index (Phi) is 1.55. The molecule has 0 spiro atoms. The van der Waals surface area contributed by atoms with Gasteiger partial charge in [-0.2, -0.15) is 0 Å². The molecule has 1 amide bonds. The second-order valence-corrected chi connectivity index (χ2v) is 2.43. The molecule has 1 aliphatic rings. The number of hydroxylamine groups is 3. The van der Waals surface area contributed by atoms with Crippen molar-refractivity contribution in [3.8, 4) is 0 Å². The third-order valence-electron chi connectivity index (χ3n) is 1.88. The van der Waals surface area contributed by atoms with Crippen LogP contribution in [0, 0.1) is 5.21 Å². The molecule has 1 heterocycles. The Morgan fingerprint density at radius 2 is 2.44 bits per heavy atom. The summed E-state index contributed by atoms with van der Waals surface area (Å²) in [6.45, 7) is 2.66. The molecule has 0 radical (unpaired) electrons. The Morgan fingerprint density at radius 3 is 2.67 bits per heavy atom. The van der Waals surface area contributed by atoms with Crippen LogP contribution >= 0.6 is 0 Å². The van der Waals surface area contributed by atoms with Crippen molar-refractivity contribution < 1.29 is 9.44 Å². The van der Waals surface area contributed by atoms with Gasteiger partial charge in [-0.25, -0.2) is 4.79 Å². The fraction of sp³-hybridized carbons (Fsp3) is 0.833. The normalized spacial score (nSPS) is 35.6. The molecule has 0 saturated carbocycles. The molecule has 1 atom stereocenters. The summed E-state index contributed by atoms with van der Waals surface area (Å²) in [6.07, 6.45) is 1.26. The highest BCUT2D eigenvalue weighted by atomic mass is 16.6. The van der Waals surface area contributed by atoms with E-state index >= 15 is 0 Å². The Morgan fingerprint density at radius 1 is 1.78 bits per heavy atom. The monoisotopic (exact) mass is 129 g/mol. The molecule has 1 saturated heterocycles. The van der Waals surface area contributed by atoms with Crippen LogP contribution in [0.15, 0.2) is 0 Å². The van der Waals surface area contributed by atoms with Gasteiger partial charge >= 0.3 is 5.91 Å². The molecular formula is C6H11NO2. The molecule has 0 aromatic carbocycles. The van der Waals surface area contributed by atoms with Crippen molar-refractivity contribution in [3.63, 3.8) is 0 Å². The van der Waals surface area contributed by atoms with E-state index in [1.165, 1.54) is 0 Å². The topological polar surface area (TPSA) is 40.1 Å². The van der Waals surface area contributed by atoms with Gasteiger partial charge in [0.2, 0.25) is 0 Å². The van der Waals surface area contributed by atoms with Gasteiger partial charge in [-0.15, -0.1) is 0 Å². The lowest BCUT2D eigenvalue weighted by molar-refractivity contribution is -0.793. The van der Waals surface area contributed by atoms with E-state index in [4.69, 9.17) is 0 Å². The first-order valence-electron chi connectivity index (χ1n) is 3.30. The van der Waals surface area contributed by atoms with Crippen LogP contribution in [0.4, 0.5) is 0 Å². The average Bonchev–Trinajstić information content (AvgIpc) is 2.15. The zero-order valence-electron chi connectivity index (χ0n) is 5.59. The maximum absolute atomic E-state index is 11.2. The predicted molar refractivity (Wildman–Crippen MR) is 33.3 cm³/mol. The van der Waals surface area contributed by atoms with Crippen molar-refractivity contribution in [2.24, 2.45) is 0 Å². The van der Waals surface area contributed by atoms with Gasteiger partial charge in [-0.05, 0) is 6.92 Å². The van der Waals surface area contributed by atoms with Crippen LogP contribution in [0.2, 0.25) is 0 Å². The molecule has 1 unspecified atom stereocenters. The first-order valence-corrected chi connectivity index (χ1v) is 3.30. The molecule has 52 valence electrons. The predicted octanol–water partition coefficient (Wildman–Crippen LogP) is 0.641. The summed E-state index contributed by atoms with van der Waals surface area (Å²) in [5.74, 6) is -0.141. The Hall–Kier alpha value is -0.410. The largest absolute Gasteiger partial charge is 0.625 e. The lowest BCUT2D eigenvalue weighted by Gasteiger charge is -2.33. The number of nitrogens with zero attached hydrogens (tertiary/aromatic N) is 1. The van der Waals surface area contributed by atoms with Crippen LogP contribution < -0.4 is 0 Å². The zero-order valence-corrected chi connectivity index (χ0v) is 5.59. The summed E-state index contributed by atoms with van der Waals surface area (Å²) < 4.78 is -0.583. The van der Waals surface area contributed by atoms with E-state index in [9.17, 15) is 10.0 Å². The maximum atomic E-state index is 11.2. The Labute approximate surface area is 54.4 Å². The highest BCUT2D eigenvalue weighted by molar-refractivity contribution is 5.70. The Balaban J connectivity index is 2.67. The lowest BCUT2D eigenvalue weighted by atomic mass is 10.4. The van der Waals surface area contributed by atoms with Gasteiger partial charge in [0.25, 0.3) is 0 Å². The van der Waals surface area contributed by atoms with Crippen molar-refractivity contribution in [1.29, 1.82) is 0 Å². The van der Waals surface area contributed by atoms with Crippen LogP contribution in [0.3, 0.4) is 0 Å². The molecule has 1 rings (SSSR count). The molecule has 1 fully saturated rings. The van der Waals surface area contributed by atoms with Crippen LogP contribution in [0.5, 0.6) is 0 Å². The first kappa shape index (κ1) is 6.71. The molecule has 0 aromatic heterocycles. The first-order chi connectivity index (χ1) is 4.19. The van der Waals surface area contributed by atoms with Gasteiger partial charge in [-0.1, -0.05) is 0 Å². The molecule has 0 bridgehead atoms. The van der Waals surface area contributed by atoms with E-state index in [1.54, 1.807) is 6.92 Å². The quantitative estimate of drug-likeness (QED) is 0.385. The maximum Gasteiger partial charge on any atom is 0.313 e. The SMILES string of the molecule is CC[N+]1([O-])CCCC1=O. The summed E-state index contributed by atoms with van der Waals surface area (Å²) in [7, 11) is 0. The molecular weight excluding hydrogens is 118 g/mol. The number of carbonyl (C=O) groups excluding carboxylic acids is 1. The van der Waals surface area contributed by atoms with Crippen molar-refractivity contribution >= 4 is 5.91 Å². The minimum absolute atomic E-state index is 0.141. The molecule has 0 N–H and O–H groups in total. The van der Waals surface area contributed by atoms with Gasteiger partial charge in [0.15, 0.2) is 0 Å². The number of hydrogen-bond acceptors (Lipinski definition) is 2. The molecule has 9 heavy (non-hydrogen) atoms. The molecule has 0 aliphatic carbocycles. The van der Waals surface area contributed by atoms with Crippen molar-refractivity contribution in [3.05, 3.63) is 5.21 Å². The van der Waals surface area contributed by atoms with Gasteiger partial charge in [0, 0.05) is 6.42 Å². The van der Waals surface area contributed by atoms with E-state index < -0.39 is 4.65 Å². The van der Waals surface area contributed by atoms with Crippen LogP contribution in [-0.4, -0.2) is 23.6 Å². The smallest absolute Gasteiger partial charge is 0.313 e. The van der Waals surface area contributed by atoms with E-state index in [0.717, 1.165) is 6.42 Å². The number of quaternary nitrogens is 1. The average molecular weight is 129 g/mol. The minimum Gasteiger partial charge on any atom is -0.625 e. The van der Waals surface area contributed by atoms with Crippen LogP contribution in [-0.2, 0) is 4.79 Å². The molecule has 3 heteroatoms. The standard InChI is InChI=1S/C6H11NO2/c1-2-7(9)5-3-4-6(7)8/h2-5H2,1H3. The van der Waals surface area contributed by atoms with Crippen LogP contribution in [0.1, 0.15) is 19.8 Å². The summed E-state index contributed by atoms with van der Waals surface area (Å²) in [5.41, 5.74) is 0. The number of carbonyl (C=O) groups is 1. The summed E-state index contributed by atoms with van der Waals surface area (Å²) in [6, 6.07) is 0. The number of hydrogen-bond donors (Lipinski definition) is 0.